The average molecular weight is 340 g/mol. The van der Waals surface area contributed by atoms with Crippen LogP contribution in [-0.2, 0) is 0 Å². The molecule has 0 bridgehead atoms. The lowest BCUT2D eigenvalue weighted by Gasteiger charge is -2.04. The van der Waals surface area contributed by atoms with Gasteiger partial charge in [0.2, 0.25) is 0 Å². The maximum atomic E-state index is 4.63. The first-order chi connectivity index (χ1) is 12.7. The van der Waals surface area contributed by atoms with Gasteiger partial charge < -0.3 is 0 Å². The summed E-state index contributed by atoms with van der Waals surface area (Å²) in [5, 5.41) is 14.2. The molecule has 0 aliphatic heterocycles. The van der Waals surface area contributed by atoms with Gasteiger partial charge in [0.05, 0.1) is 17.3 Å². The molecule has 0 aliphatic carbocycles. The van der Waals surface area contributed by atoms with Crippen LogP contribution in [0.2, 0.25) is 0 Å². The van der Waals surface area contributed by atoms with E-state index in [-0.39, 0.29) is 0 Å². The van der Waals surface area contributed by atoms with Crippen molar-refractivity contribution in [1.82, 2.24) is 29.4 Å². The Labute approximate surface area is 149 Å². The van der Waals surface area contributed by atoms with E-state index in [1.807, 2.05) is 33.3 Å². The molecule has 26 heavy (non-hydrogen) atoms. The highest BCUT2D eigenvalue weighted by atomic mass is 15.3. The van der Waals surface area contributed by atoms with E-state index in [4.69, 9.17) is 0 Å². The summed E-state index contributed by atoms with van der Waals surface area (Å²) in [6.45, 7) is 4.13. The lowest BCUT2D eigenvalue weighted by atomic mass is 10.1. The number of aryl methyl sites for hydroxylation is 2. The van der Waals surface area contributed by atoms with Crippen LogP contribution in [0.5, 0.6) is 0 Å². The first kappa shape index (κ1) is 14.8. The van der Waals surface area contributed by atoms with E-state index in [1.54, 1.807) is 12.5 Å². The van der Waals surface area contributed by atoms with Crippen LogP contribution in [0.3, 0.4) is 0 Å². The van der Waals surface area contributed by atoms with Crippen LogP contribution in [0.4, 0.5) is 0 Å². The van der Waals surface area contributed by atoms with E-state index < -0.39 is 0 Å². The summed E-state index contributed by atoms with van der Waals surface area (Å²) in [6.07, 6.45) is 3.56. The van der Waals surface area contributed by atoms with E-state index in [0.717, 1.165) is 33.8 Å². The smallest absolute Gasteiger partial charge is 0.175 e. The first-order valence-corrected chi connectivity index (χ1v) is 8.42. The predicted octanol–water partition coefficient (Wildman–Crippen LogP) is 3.75. The molecule has 2 aromatic carbocycles. The van der Waals surface area contributed by atoms with E-state index in [9.17, 15) is 0 Å². The van der Waals surface area contributed by atoms with Crippen molar-refractivity contribution < 1.29 is 0 Å². The zero-order valence-corrected chi connectivity index (χ0v) is 14.5. The molecule has 0 atom stereocenters. The standard InChI is InChI=1S/C20H16N6/c1-13-6-8-15(9-7-13)18-23-24-20-17-11-22-26(19(17)21-12-25(18)20)16-5-3-4-14(2)10-16/h3-12H,1-2H3. The third-order valence-corrected chi connectivity index (χ3v) is 4.53. The summed E-state index contributed by atoms with van der Waals surface area (Å²) in [6, 6.07) is 16.4. The second-order valence-corrected chi connectivity index (χ2v) is 6.46. The Morgan fingerprint density at radius 2 is 1.69 bits per heavy atom. The Morgan fingerprint density at radius 1 is 0.846 bits per heavy atom. The van der Waals surface area contributed by atoms with E-state index in [1.165, 1.54) is 11.1 Å². The molecule has 0 saturated heterocycles. The van der Waals surface area contributed by atoms with Crippen molar-refractivity contribution in [3.8, 4) is 17.1 Å². The summed E-state index contributed by atoms with van der Waals surface area (Å²) in [7, 11) is 0. The quantitative estimate of drug-likeness (QED) is 0.491. The fraction of sp³-hybridized carbons (Fsp3) is 0.100. The van der Waals surface area contributed by atoms with Crippen LogP contribution in [0.1, 0.15) is 11.1 Å². The molecule has 6 nitrogen and oxygen atoms in total. The summed E-state index contributed by atoms with van der Waals surface area (Å²) in [5.41, 5.74) is 5.90. The van der Waals surface area contributed by atoms with Gasteiger partial charge >= 0.3 is 0 Å². The zero-order chi connectivity index (χ0) is 17.7. The SMILES string of the molecule is Cc1ccc(-c2nnc3c4cnn(-c5cccc(C)c5)c4ncn23)cc1. The highest BCUT2D eigenvalue weighted by Gasteiger charge is 2.15. The molecule has 0 saturated carbocycles. The summed E-state index contributed by atoms with van der Waals surface area (Å²) >= 11 is 0. The minimum atomic E-state index is 0.754. The summed E-state index contributed by atoms with van der Waals surface area (Å²) < 4.78 is 3.75. The summed E-state index contributed by atoms with van der Waals surface area (Å²) in [4.78, 5) is 4.63. The molecule has 5 rings (SSSR count). The fourth-order valence-corrected chi connectivity index (χ4v) is 3.17. The van der Waals surface area contributed by atoms with Crippen molar-refractivity contribution in [2.45, 2.75) is 13.8 Å². The van der Waals surface area contributed by atoms with Crippen LogP contribution in [-0.4, -0.2) is 29.4 Å². The number of hydrogen-bond acceptors (Lipinski definition) is 4. The Balaban J connectivity index is 1.71. The molecule has 0 amide bonds. The van der Waals surface area contributed by atoms with E-state index >= 15 is 0 Å². The molecule has 0 aliphatic rings. The van der Waals surface area contributed by atoms with Crippen LogP contribution in [0, 0.1) is 13.8 Å². The highest BCUT2D eigenvalue weighted by Crippen LogP contribution is 2.24. The molecular weight excluding hydrogens is 324 g/mol. The predicted molar refractivity (Wildman–Crippen MR) is 100 cm³/mol. The van der Waals surface area contributed by atoms with Crippen molar-refractivity contribution in [2.24, 2.45) is 0 Å². The Kier molecular flexibility index (Phi) is 3.12. The third-order valence-electron chi connectivity index (χ3n) is 4.53. The largest absolute Gasteiger partial charge is 0.265 e. The normalized spacial score (nSPS) is 11.5. The van der Waals surface area contributed by atoms with Crippen molar-refractivity contribution in [1.29, 1.82) is 0 Å². The van der Waals surface area contributed by atoms with Crippen LogP contribution in [0.25, 0.3) is 33.8 Å². The molecule has 5 aromatic rings. The maximum absolute atomic E-state index is 4.63. The van der Waals surface area contributed by atoms with Crippen LogP contribution in [0.15, 0.2) is 61.1 Å². The number of hydrogen-bond donors (Lipinski definition) is 0. The lowest BCUT2D eigenvalue weighted by molar-refractivity contribution is 0.892. The van der Waals surface area contributed by atoms with Gasteiger partial charge in [0, 0.05) is 5.56 Å². The van der Waals surface area contributed by atoms with Crippen LogP contribution < -0.4 is 0 Å². The second-order valence-electron chi connectivity index (χ2n) is 6.46. The Hall–Kier alpha value is -3.54. The minimum absolute atomic E-state index is 0.754. The van der Waals surface area contributed by atoms with Gasteiger partial charge in [0.15, 0.2) is 17.1 Å². The van der Waals surface area contributed by atoms with Gasteiger partial charge in [0.25, 0.3) is 0 Å². The minimum Gasteiger partial charge on any atom is -0.265 e. The zero-order valence-electron chi connectivity index (χ0n) is 14.5. The Morgan fingerprint density at radius 3 is 2.50 bits per heavy atom. The molecule has 6 heteroatoms. The van der Waals surface area contributed by atoms with Crippen molar-refractivity contribution in [3.05, 3.63) is 72.2 Å². The molecule has 0 spiro atoms. The van der Waals surface area contributed by atoms with Gasteiger partial charge in [-0.05, 0) is 31.5 Å². The third kappa shape index (κ3) is 2.19. The molecule has 3 heterocycles. The Bertz CT molecular complexity index is 1250. The number of nitrogens with zero attached hydrogens (tertiary/aromatic N) is 6. The fourth-order valence-electron chi connectivity index (χ4n) is 3.17. The van der Waals surface area contributed by atoms with Crippen molar-refractivity contribution in [3.63, 3.8) is 0 Å². The number of aromatic nitrogens is 6. The topological polar surface area (TPSA) is 60.9 Å². The average Bonchev–Trinajstić information content (AvgIpc) is 3.26. The molecule has 126 valence electrons. The summed E-state index contributed by atoms with van der Waals surface area (Å²) in [5.74, 6) is 0.776. The van der Waals surface area contributed by atoms with Crippen molar-refractivity contribution in [2.75, 3.05) is 0 Å². The number of fused-ring (bicyclic) bond motifs is 3. The first-order valence-electron chi connectivity index (χ1n) is 8.42. The molecular formula is C20H16N6. The maximum Gasteiger partial charge on any atom is 0.175 e. The van der Waals surface area contributed by atoms with Gasteiger partial charge in [-0.15, -0.1) is 10.2 Å². The molecule has 0 N–H and O–H groups in total. The lowest BCUT2D eigenvalue weighted by Crippen LogP contribution is -1.99. The van der Waals surface area contributed by atoms with Gasteiger partial charge in [0.1, 0.15) is 6.33 Å². The molecule has 0 unspecified atom stereocenters. The highest BCUT2D eigenvalue weighted by molar-refractivity contribution is 5.90. The van der Waals surface area contributed by atoms with Gasteiger partial charge in [-0.25, -0.2) is 9.67 Å². The molecule has 0 radical (unpaired) electrons. The van der Waals surface area contributed by atoms with E-state index in [2.05, 4.69) is 58.4 Å². The van der Waals surface area contributed by atoms with Gasteiger partial charge in [-0.2, -0.15) is 5.10 Å². The van der Waals surface area contributed by atoms with E-state index in [0.29, 0.717) is 0 Å². The van der Waals surface area contributed by atoms with Gasteiger partial charge in [-0.3, -0.25) is 4.40 Å². The number of rotatable bonds is 2. The molecule has 0 fully saturated rings. The number of benzene rings is 2. The van der Waals surface area contributed by atoms with Gasteiger partial charge in [-0.1, -0.05) is 42.0 Å². The van der Waals surface area contributed by atoms with Crippen LogP contribution >= 0.6 is 0 Å². The second kappa shape index (κ2) is 5.49. The molecule has 3 aromatic heterocycles. The monoisotopic (exact) mass is 340 g/mol. The van der Waals surface area contributed by atoms with Crippen molar-refractivity contribution >= 4 is 16.7 Å².